The highest BCUT2D eigenvalue weighted by molar-refractivity contribution is 6.34. The van der Waals surface area contributed by atoms with E-state index in [2.05, 4.69) is 5.32 Å². The second-order valence-electron chi connectivity index (χ2n) is 4.83. The Bertz CT molecular complexity index is 450. The average Bonchev–Trinajstić information content (AvgIpc) is 2.28. The van der Waals surface area contributed by atoms with Crippen LogP contribution in [0.25, 0.3) is 0 Å². The number of rotatable bonds is 3. The van der Waals surface area contributed by atoms with E-state index >= 15 is 0 Å². The van der Waals surface area contributed by atoms with Crippen molar-refractivity contribution in [1.82, 2.24) is 0 Å². The molecule has 5 N–H and O–H groups in total. The van der Waals surface area contributed by atoms with E-state index in [0.717, 1.165) is 31.4 Å². The molecule has 1 amide bonds. The van der Waals surface area contributed by atoms with E-state index in [9.17, 15) is 4.79 Å². The fourth-order valence-corrected chi connectivity index (χ4v) is 2.67. The second-order valence-corrected chi connectivity index (χ2v) is 5.23. The van der Waals surface area contributed by atoms with Crippen LogP contribution >= 0.6 is 11.6 Å². The van der Waals surface area contributed by atoms with E-state index in [-0.39, 0.29) is 6.04 Å². The molecular weight excluding hydrogens is 250 g/mol. The Kier molecular flexibility index (Phi) is 4.09. The molecule has 98 valence electrons. The van der Waals surface area contributed by atoms with Crippen LogP contribution in [0.1, 0.15) is 36.0 Å². The first-order chi connectivity index (χ1) is 8.56. The highest BCUT2D eigenvalue weighted by Gasteiger charge is 2.19. The molecule has 1 fully saturated rings. The van der Waals surface area contributed by atoms with Crippen molar-refractivity contribution in [3.8, 4) is 0 Å². The molecule has 0 bridgehead atoms. The van der Waals surface area contributed by atoms with Crippen LogP contribution in [-0.2, 0) is 0 Å². The maximum Gasteiger partial charge on any atom is 0.250 e. The van der Waals surface area contributed by atoms with Crippen molar-refractivity contribution in [2.75, 3.05) is 5.32 Å². The zero-order chi connectivity index (χ0) is 13.1. The molecule has 1 aliphatic carbocycles. The van der Waals surface area contributed by atoms with E-state index in [1.54, 1.807) is 12.1 Å². The van der Waals surface area contributed by atoms with Gasteiger partial charge in [-0.15, -0.1) is 0 Å². The highest BCUT2D eigenvalue weighted by Crippen LogP contribution is 2.24. The Morgan fingerprint density at radius 2 is 2.17 bits per heavy atom. The summed E-state index contributed by atoms with van der Waals surface area (Å²) in [5, 5.41) is 3.78. The number of amides is 1. The first-order valence-corrected chi connectivity index (χ1v) is 6.55. The predicted octanol–water partition coefficient (Wildman–Crippen LogP) is 2.12. The van der Waals surface area contributed by atoms with Gasteiger partial charge in [-0.05, 0) is 43.9 Å². The van der Waals surface area contributed by atoms with Gasteiger partial charge in [0.25, 0.3) is 0 Å². The maximum atomic E-state index is 11.1. The summed E-state index contributed by atoms with van der Waals surface area (Å²) in [6, 6.07) is 5.87. The summed E-state index contributed by atoms with van der Waals surface area (Å²) in [7, 11) is 0. The Balaban J connectivity index is 2.05. The second kappa shape index (κ2) is 5.59. The summed E-state index contributed by atoms with van der Waals surface area (Å²) >= 11 is 6.01. The van der Waals surface area contributed by atoms with Crippen molar-refractivity contribution in [2.45, 2.75) is 37.8 Å². The lowest BCUT2D eigenvalue weighted by atomic mass is 9.91. The number of benzene rings is 1. The van der Waals surface area contributed by atoms with E-state index in [0.29, 0.717) is 16.6 Å². The van der Waals surface area contributed by atoms with Gasteiger partial charge in [0.1, 0.15) is 0 Å². The maximum absolute atomic E-state index is 11.1. The fourth-order valence-electron chi connectivity index (χ4n) is 2.40. The topological polar surface area (TPSA) is 81.1 Å². The monoisotopic (exact) mass is 267 g/mol. The molecule has 4 nitrogen and oxygen atoms in total. The van der Waals surface area contributed by atoms with Crippen LogP contribution in [0.4, 0.5) is 5.69 Å². The van der Waals surface area contributed by atoms with Crippen LogP contribution in [-0.4, -0.2) is 18.0 Å². The van der Waals surface area contributed by atoms with Crippen LogP contribution in [0.15, 0.2) is 18.2 Å². The first kappa shape index (κ1) is 13.2. The van der Waals surface area contributed by atoms with Crippen LogP contribution in [0.3, 0.4) is 0 Å². The third-order valence-electron chi connectivity index (χ3n) is 3.32. The third-order valence-corrected chi connectivity index (χ3v) is 3.63. The molecule has 0 spiro atoms. The summed E-state index contributed by atoms with van der Waals surface area (Å²) < 4.78 is 0. The Labute approximate surface area is 112 Å². The lowest BCUT2D eigenvalue weighted by Gasteiger charge is -2.28. The van der Waals surface area contributed by atoms with Crippen molar-refractivity contribution in [3.05, 3.63) is 28.8 Å². The molecule has 5 heteroatoms. The fraction of sp³-hybridized carbons (Fsp3) is 0.462. The van der Waals surface area contributed by atoms with Crippen LogP contribution in [0.5, 0.6) is 0 Å². The molecule has 0 aromatic heterocycles. The van der Waals surface area contributed by atoms with Gasteiger partial charge in [-0.3, -0.25) is 4.79 Å². The number of carbonyl (C=O) groups excluding carboxylic acids is 1. The summed E-state index contributed by atoms with van der Waals surface area (Å²) in [5.41, 5.74) is 12.4. The van der Waals surface area contributed by atoms with Gasteiger partial charge in [-0.1, -0.05) is 11.6 Å². The quantitative estimate of drug-likeness (QED) is 0.785. The Morgan fingerprint density at radius 1 is 1.39 bits per heavy atom. The van der Waals surface area contributed by atoms with Gasteiger partial charge in [0.2, 0.25) is 5.91 Å². The molecule has 2 atom stereocenters. The Hall–Kier alpha value is -1.26. The average molecular weight is 268 g/mol. The summed E-state index contributed by atoms with van der Waals surface area (Å²) in [5.74, 6) is -0.508. The van der Waals surface area contributed by atoms with Gasteiger partial charge in [-0.25, -0.2) is 0 Å². The lowest BCUT2D eigenvalue weighted by molar-refractivity contribution is 0.100. The third kappa shape index (κ3) is 3.15. The van der Waals surface area contributed by atoms with Crippen molar-refractivity contribution in [3.63, 3.8) is 0 Å². The van der Waals surface area contributed by atoms with E-state index < -0.39 is 5.91 Å². The van der Waals surface area contributed by atoms with E-state index in [1.165, 1.54) is 0 Å². The minimum atomic E-state index is -0.508. The molecule has 0 heterocycles. The zero-order valence-corrected chi connectivity index (χ0v) is 10.9. The van der Waals surface area contributed by atoms with E-state index in [1.807, 2.05) is 6.07 Å². The first-order valence-electron chi connectivity index (χ1n) is 6.17. The van der Waals surface area contributed by atoms with Gasteiger partial charge >= 0.3 is 0 Å². The summed E-state index contributed by atoms with van der Waals surface area (Å²) in [6.45, 7) is 0. The predicted molar refractivity (Wildman–Crippen MR) is 73.8 cm³/mol. The van der Waals surface area contributed by atoms with Crippen molar-refractivity contribution in [1.29, 1.82) is 0 Å². The number of halogens is 1. The van der Waals surface area contributed by atoms with Gasteiger partial charge in [-0.2, -0.15) is 0 Å². The van der Waals surface area contributed by atoms with Crippen molar-refractivity contribution in [2.24, 2.45) is 11.5 Å². The molecular formula is C13H18ClN3O. The number of hydrogen-bond donors (Lipinski definition) is 3. The number of nitrogens with one attached hydrogen (secondary N) is 1. The molecule has 1 aromatic carbocycles. The van der Waals surface area contributed by atoms with Gasteiger partial charge in [0, 0.05) is 17.8 Å². The van der Waals surface area contributed by atoms with Crippen molar-refractivity contribution >= 4 is 23.2 Å². The van der Waals surface area contributed by atoms with Gasteiger partial charge in [0.05, 0.1) is 10.6 Å². The molecule has 1 saturated carbocycles. The van der Waals surface area contributed by atoms with Crippen LogP contribution in [0, 0.1) is 0 Å². The molecule has 0 radical (unpaired) electrons. The smallest absolute Gasteiger partial charge is 0.250 e. The number of nitrogens with two attached hydrogens (primary N) is 2. The SMILES string of the molecule is NC(=O)c1ccc(NC2CCCC(N)C2)cc1Cl. The Morgan fingerprint density at radius 3 is 2.78 bits per heavy atom. The number of hydrogen-bond acceptors (Lipinski definition) is 3. The molecule has 0 saturated heterocycles. The van der Waals surface area contributed by atoms with Crippen LogP contribution < -0.4 is 16.8 Å². The van der Waals surface area contributed by atoms with E-state index in [4.69, 9.17) is 23.1 Å². The van der Waals surface area contributed by atoms with Gasteiger partial charge in [0.15, 0.2) is 0 Å². The summed E-state index contributed by atoms with van der Waals surface area (Å²) in [6.07, 6.45) is 4.32. The lowest BCUT2D eigenvalue weighted by Crippen LogP contribution is -2.34. The minimum absolute atomic E-state index is 0.275. The number of anilines is 1. The molecule has 1 aromatic rings. The minimum Gasteiger partial charge on any atom is -0.382 e. The summed E-state index contributed by atoms with van der Waals surface area (Å²) in [4.78, 5) is 11.1. The highest BCUT2D eigenvalue weighted by atomic mass is 35.5. The standard InChI is InChI=1S/C13H18ClN3O/c14-12-7-10(4-5-11(12)13(16)18)17-9-3-1-2-8(15)6-9/h4-5,7-9,17H,1-3,6,15H2,(H2,16,18). The normalized spacial score (nSPS) is 23.7. The molecule has 2 unspecified atom stereocenters. The number of primary amides is 1. The number of carbonyl (C=O) groups is 1. The molecule has 1 aliphatic rings. The van der Waals surface area contributed by atoms with Crippen molar-refractivity contribution < 1.29 is 4.79 Å². The molecule has 2 rings (SSSR count). The van der Waals surface area contributed by atoms with Crippen LogP contribution in [0.2, 0.25) is 5.02 Å². The largest absolute Gasteiger partial charge is 0.382 e. The van der Waals surface area contributed by atoms with Gasteiger partial charge < -0.3 is 16.8 Å². The molecule has 0 aliphatic heterocycles. The zero-order valence-electron chi connectivity index (χ0n) is 10.2. The molecule has 18 heavy (non-hydrogen) atoms.